The molecule has 4 rings (SSSR count). The Balaban J connectivity index is 1.48. The van der Waals surface area contributed by atoms with Gasteiger partial charge in [-0.3, -0.25) is 9.59 Å². The van der Waals surface area contributed by atoms with Gasteiger partial charge < -0.3 is 20.9 Å². The molecule has 1 saturated heterocycles. The van der Waals surface area contributed by atoms with Gasteiger partial charge in [0.15, 0.2) is 0 Å². The number of aromatic amines is 1. The number of nitrogens with zero attached hydrogens (tertiary/aromatic N) is 3. The molecule has 2 amide bonds. The zero-order valence-corrected chi connectivity index (χ0v) is 14.2. The van der Waals surface area contributed by atoms with Crippen LogP contribution in [0.4, 0.5) is 5.82 Å². The lowest BCUT2D eigenvalue weighted by Crippen LogP contribution is -2.57. The third-order valence-corrected chi connectivity index (χ3v) is 4.51. The SMILES string of the molecule is Cc1cccc(C(=O)N2CC(Nc3ncnc4[nH]cc(C(N)=O)c34)C2)c1. The van der Waals surface area contributed by atoms with Gasteiger partial charge in [0.1, 0.15) is 17.8 Å². The summed E-state index contributed by atoms with van der Waals surface area (Å²) in [6.45, 7) is 3.09. The van der Waals surface area contributed by atoms with Gasteiger partial charge in [-0.05, 0) is 19.1 Å². The van der Waals surface area contributed by atoms with Gasteiger partial charge in [0.25, 0.3) is 11.8 Å². The van der Waals surface area contributed by atoms with Crippen molar-refractivity contribution in [1.82, 2.24) is 19.9 Å². The van der Waals surface area contributed by atoms with Gasteiger partial charge in [-0.1, -0.05) is 17.7 Å². The molecule has 0 unspecified atom stereocenters. The fourth-order valence-corrected chi connectivity index (χ4v) is 3.16. The van der Waals surface area contributed by atoms with Crippen LogP contribution in [0.25, 0.3) is 11.0 Å². The molecule has 8 heteroatoms. The fourth-order valence-electron chi connectivity index (χ4n) is 3.16. The molecule has 3 aromatic rings. The lowest BCUT2D eigenvalue weighted by Gasteiger charge is -2.40. The van der Waals surface area contributed by atoms with E-state index in [1.54, 1.807) is 4.90 Å². The number of anilines is 1. The summed E-state index contributed by atoms with van der Waals surface area (Å²) in [7, 11) is 0. The van der Waals surface area contributed by atoms with Gasteiger partial charge in [-0.25, -0.2) is 9.97 Å². The van der Waals surface area contributed by atoms with Crippen molar-refractivity contribution in [3.63, 3.8) is 0 Å². The van der Waals surface area contributed by atoms with E-state index in [2.05, 4.69) is 20.3 Å². The minimum absolute atomic E-state index is 0.0130. The number of H-pyrrole nitrogens is 1. The van der Waals surface area contributed by atoms with Gasteiger partial charge in [-0.15, -0.1) is 0 Å². The quantitative estimate of drug-likeness (QED) is 0.656. The molecule has 0 radical (unpaired) electrons. The van der Waals surface area contributed by atoms with Crippen LogP contribution < -0.4 is 11.1 Å². The van der Waals surface area contributed by atoms with Gasteiger partial charge >= 0.3 is 0 Å². The second kappa shape index (κ2) is 6.14. The van der Waals surface area contributed by atoms with Gasteiger partial charge in [0.05, 0.1) is 17.0 Å². The molecule has 0 atom stereocenters. The predicted octanol–water partition coefficient (Wildman–Crippen LogP) is 1.30. The molecule has 0 saturated carbocycles. The highest BCUT2D eigenvalue weighted by atomic mass is 16.2. The molecule has 4 N–H and O–H groups in total. The first-order chi connectivity index (χ1) is 12.5. The van der Waals surface area contributed by atoms with Gasteiger partial charge in [0, 0.05) is 24.8 Å². The van der Waals surface area contributed by atoms with Crippen molar-refractivity contribution < 1.29 is 9.59 Å². The molecule has 26 heavy (non-hydrogen) atoms. The van der Waals surface area contributed by atoms with Crippen LogP contribution >= 0.6 is 0 Å². The number of hydrogen-bond donors (Lipinski definition) is 3. The van der Waals surface area contributed by atoms with Crippen LogP contribution in [0.15, 0.2) is 36.8 Å². The summed E-state index contributed by atoms with van der Waals surface area (Å²) in [4.78, 5) is 37.1. The summed E-state index contributed by atoms with van der Waals surface area (Å²) in [5.74, 6) is 0.00993. The van der Waals surface area contributed by atoms with E-state index >= 15 is 0 Å². The van der Waals surface area contributed by atoms with E-state index in [9.17, 15) is 9.59 Å². The maximum Gasteiger partial charge on any atom is 0.254 e. The average Bonchev–Trinajstić information content (AvgIpc) is 3.02. The molecule has 1 aliphatic rings. The van der Waals surface area contributed by atoms with Crippen LogP contribution in [0.3, 0.4) is 0 Å². The molecule has 3 heterocycles. The van der Waals surface area contributed by atoms with Crippen molar-refractivity contribution in [3.8, 4) is 0 Å². The van der Waals surface area contributed by atoms with E-state index in [-0.39, 0.29) is 11.9 Å². The zero-order chi connectivity index (χ0) is 18.3. The van der Waals surface area contributed by atoms with E-state index in [4.69, 9.17) is 5.73 Å². The molecular weight excluding hydrogens is 332 g/mol. The Labute approximate surface area is 149 Å². The maximum absolute atomic E-state index is 12.5. The minimum atomic E-state index is -0.543. The number of fused-ring (bicyclic) bond motifs is 1. The third kappa shape index (κ3) is 2.75. The molecule has 2 aromatic heterocycles. The number of nitrogens with one attached hydrogen (secondary N) is 2. The highest BCUT2D eigenvalue weighted by Crippen LogP contribution is 2.25. The van der Waals surface area contributed by atoms with Crippen LogP contribution in [0.5, 0.6) is 0 Å². The highest BCUT2D eigenvalue weighted by Gasteiger charge is 2.32. The second-order valence-corrected chi connectivity index (χ2v) is 6.43. The number of nitrogens with two attached hydrogens (primary N) is 1. The van der Waals surface area contributed by atoms with Crippen molar-refractivity contribution in [2.75, 3.05) is 18.4 Å². The first-order valence-electron chi connectivity index (χ1n) is 8.27. The van der Waals surface area contributed by atoms with Crippen molar-refractivity contribution >= 4 is 28.7 Å². The number of benzene rings is 1. The van der Waals surface area contributed by atoms with Crippen LogP contribution in [-0.2, 0) is 0 Å². The van der Waals surface area contributed by atoms with E-state index < -0.39 is 5.91 Å². The van der Waals surface area contributed by atoms with Crippen LogP contribution in [0.1, 0.15) is 26.3 Å². The highest BCUT2D eigenvalue weighted by molar-refractivity contribution is 6.09. The van der Waals surface area contributed by atoms with E-state index in [0.717, 1.165) is 5.56 Å². The molecule has 1 aliphatic heterocycles. The zero-order valence-electron chi connectivity index (χ0n) is 14.2. The van der Waals surface area contributed by atoms with Crippen LogP contribution in [0, 0.1) is 6.92 Å². The summed E-state index contributed by atoms with van der Waals surface area (Å²) in [6.07, 6.45) is 2.95. The minimum Gasteiger partial charge on any atom is -0.366 e. The molecule has 132 valence electrons. The molecule has 0 spiro atoms. The fraction of sp³-hybridized carbons (Fsp3) is 0.222. The van der Waals surface area contributed by atoms with Crippen LogP contribution in [-0.4, -0.2) is 50.8 Å². The third-order valence-electron chi connectivity index (χ3n) is 4.51. The number of aromatic nitrogens is 3. The lowest BCUT2D eigenvalue weighted by molar-refractivity contribution is 0.0625. The summed E-state index contributed by atoms with van der Waals surface area (Å²) in [5.41, 5.74) is 8.05. The standard InChI is InChI=1S/C18H18N6O2/c1-10-3-2-4-11(5-10)18(26)24-7-12(8-24)23-17-14-13(15(19)25)6-20-16(14)21-9-22-17/h2-6,9,12H,7-8H2,1H3,(H2,19,25)(H2,20,21,22,23). The smallest absolute Gasteiger partial charge is 0.254 e. The Morgan fingerprint density at radius 1 is 1.31 bits per heavy atom. The summed E-state index contributed by atoms with van der Waals surface area (Å²) in [6, 6.07) is 7.61. The van der Waals surface area contributed by atoms with Crippen molar-refractivity contribution in [1.29, 1.82) is 0 Å². The normalized spacial score (nSPS) is 14.3. The number of likely N-dealkylation sites (tertiary alicyclic amines) is 1. The van der Waals surface area contributed by atoms with E-state index in [0.29, 0.717) is 41.1 Å². The Kier molecular flexibility index (Phi) is 3.80. The Bertz CT molecular complexity index is 1010. The lowest BCUT2D eigenvalue weighted by atomic mass is 10.0. The second-order valence-electron chi connectivity index (χ2n) is 6.43. The number of hydrogen-bond acceptors (Lipinski definition) is 5. The average molecular weight is 350 g/mol. The first kappa shape index (κ1) is 16.1. The first-order valence-corrected chi connectivity index (χ1v) is 8.27. The number of amides is 2. The largest absolute Gasteiger partial charge is 0.366 e. The molecule has 0 aliphatic carbocycles. The monoisotopic (exact) mass is 350 g/mol. The molecule has 0 bridgehead atoms. The van der Waals surface area contributed by atoms with Crippen molar-refractivity contribution in [2.45, 2.75) is 13.0 Å². The Morgan fingerprint density at radius 2 is 2.12 bits per heavy atom. The van der Waals surface area contributed by atoms with Crippen LogP contribution in [0.2, 0.25) is 0 Å². The Morgan fingerprint density at radius 3 is 2.85 bits per heavy atom. The maximum atomic E-state index is 12.5. The van der Waals surface area contributed by atoms with E-state index in [1.807, 2.05) is 31.2 Å². The van der Waals surface area contributed by atoms with Crippen molar-refractivity contribution in [2.24, 2.45) is 5.73 Å². The molecule has 1 aromatic carbocycles. The van der Waals surface area contributed by atoms with E-state index in [1.165, 1.54) is 12.5 Å². The Hall–Kier alpha value is -3.42. The van der Waals surface area contributed by atoms with Gasteiger partial charge in [-0.2, -0.15) is 0 Å². The van der Waals surface area contributed by atoms with Crippen molar-refractivity contribution in [3.05, 3.63) is 53.5 Å². The summed E-state index contributed by atoms with van der Waals surface area (Å²) < 4.78 is 0. The number of aryl methyl sites for hydroxylation is 1. The number of carbonyl (C=O) groups excluding carboxylic acids is 2. The molecule has 1 fully saturated rings. The predicted molar refractivity (Wildman–Crippen MR) is 96.9 cm³/mol. The molecule has 8 nitrogen and oxygen atoms in total. The topological polar surface area (TPSA) is 117 Å². The van der Waals surface area contributed by atoms with Gasteiger partial charge in [0.2, 0.25) is 0 Å². The number of carbonyl (C=O) groups is 2. The number of rotatable bonds is 4. The molecular formula is C18H18N6O2. The number of primary amides is 1. The summed E-state index contributed by atoms with van der Waals surface area (Å²) in [5, 5.41) is 3.85. The summed E-state index contributed by atoms with van der Waals surface area (Å²) >= 11 is 0.